The molecule has 0 saturated carbocycles. The number of carbonyl (C=O) groups is 2. The van der Waals surface area contributed by atoms with Crippen molar-refractivity contribution >= 4 is 11.9 Å². The van der Waals surface area contributed by atoms with Crippen molar-refractivity contribution in [3.63, 3.8) is 0 Å². The van der Waals surface area contributed by atoms with Gasteiger partial charge in [-0.15, -0.1) is 6.58 Å². The van der Waals surface area contributed by atoms with Gasteiger partial charge in [-0.3, -0.25) is 14.5 Å². The number of nitrogens with one attached hydrogen (secondary N) is 1. The first kappa shape index (κ1) is 16.6. The van der Waals surface area contributed by atoms with E-state index in [0.717, 1.165) is 0 Å². The van der Waals surface area contributed by atoms with Gasteiger partial charge in [-0.2, -0.15) is 0 Å². The zero-order chi connectivity index (χ0) is 14.0. The first-order valence-electron chi connectivity index (χ1n) is 6.25. The summed E-state index contributed by atoms with van der Waals surface area (Å²) in [6.07, 6.45) is 1.66. The van der Waals surface area contributed by atoms with Crippen molar-refractivity contribution in [1.82, 2.24) is 10.2 Å². The van der Waals surface area contributed by atoms with Crippen LogP contribution < -0.4 is 5.32 Å². The van der Waals surface area contributed by atoms with Crippen LogP contribution in [0.5, 0.6) is 0 Å². The number of ether oxygens (including phenoxy) is 1. The lowest BCUT2D eigenvalue weighted by atomic mass is 10.2. The highest BCUT2D eigenvalue weighted by atomic mass is 16.5. The third kappa shape index (κ3) is 8.75. The number of hydrogen-bond acceptors (Lipinski definition) is 4. The summed E-state index contributed by atoms with van der Waals surface area (Å²) in [5, 5.41) is 2.81. The van der Waals surface area contributed by atoms with Crippen LogP contribution in [0.3, 0.4) is 0 Å². The molecule has 0 unspecified atom stereocenters. The summed E-state index contributed by atoms with van der Waals surface area (Å²) in [5.74, 6) is -0.00211. The lowest BCUT2D eigenvalue weighted by molar-refractivity contribution is -0.144. The first-order valence-corrected chi connectivity index (χ1v) is 6.25. The number of esters is 1. The zero-order valence-electron chi connectivity index (χ0n) is 11.6. The van der Waals surface area contributed by atoms with Gasteiger partial charge < -0.3 is 10.1 Å². The summed E-state index contributed by atoms with van der Waals surface area (Å²) in [6.45, 7) is 11.2. The van der Waals surface area contributed by atoms with Crippen molar-refractivity contribution < 1.29 is 14.3 Å². The Balaban J connectivity index is 4.13. The molecular weight excluding hydrogens is 232 g/mol. The van der Waals surface area contributed by atoms with Gasteiger partial charge in [0, 0.05) is 13.1 Å². The van der Waals surface area contributed by atoms with Gasteiger partial charge in [-0.25, -0.2) is 0 Å². The van der Waals surface area contributed by atoms with Crippen LogP contribution in [0.4, 0.5) is 0 Å². The second-order valence-electron chi connectivity index (χ2n) is 4.46. The second kappa shape index (κ2) is 9.65. The molecule has 18 heavy (non-hydrogen) atoms. The Morgan fingerprint density at radius 1 is 1.39 bits per heavy atom. The largest absolute Gasteiger partial charge is 0.465 e. The quantitative estimate of drug-likeness (QED) is 0.490. The molecule has 0 rings (SSSR count). The van der Waals surface area contributed by atoms with Gasteiger partial charge in [0.15, 0.2) is 0 Å². The maximum atomic E-state index is 11.6. The Morgan fingerprint density at radius 2 is 2.06 bits per heavy atom. The van der Waals surface area contributed by atoms with E-state index in [1.54, 1.807) is 17.9 Å². The molecule has 0 aliphatic rings. The normalized spacial score (nSPS) is 10.5. The fourth-order valence-electron chi connectivity index (χ4n) is 1.33. The van der Waals surface area contributed by atoms with Gasteiger partial charge in [-0.1, -0.05) is 19.9 Å². The molecule has 0 saturated heterocycles. The summed E-state index contributed by atoms with van der Waals surface area (Å²) in [6, 6.07) is 0. The molecule has 0 spiro atoms. The molecule has 0 aromatic carbocycles. The molecule has 0 bridgehead atoms. The molecule has 5 nitrogen and oxygen atoms in total. The molecule has 0 aromatic rings. The van der Waals surface area contributed by atoms with Crippen molar-refractivity contribution in [2.45, 2.75) is 20.8 Å². The van der Waals surface area contributed by atoms with Crippen LogP contribution in [0, 0.1) is 5.92 Å². The van der Waals surface area contributed by atoms with Crippen molar-refractivity contribution in [3.8, 4) is 0 Å². The third-order valence-electron chi connectivity index (χ3n) is 2.12. The van der Waals surface area contributed by atoms with Crippen LogP contribution in [0.2, 0.25) is 0 Å². The van der Waals surface area contributed by atoms with Gasteiger partial charge in [-0.05, 0) is 12.8 Å². The molecular formula is C13H24N2O3. The van der Waals surface area contributed by atoms with Crippen molar-refractivity contribution in [1.29, 1.82) is 0 Å². The van der Waals surface area contributed by atoms with E-state index in [1.807, 2.05) is 13.8 Å². The van der Waals surface area contributed by atoms with Crippen LogP contribution >= 0.6 is 0 Å². The lowest BCUT2D eigenvalue weighted by Gasteiger charge is -2.19. The first-order chi connectivity index (χ1) is 8.49. The monoisotopic (exact) mass is 256 g/mol. The van der Waals surface area contributed by atoms with Gasteiger partial charge in [0.2, 0.25) is 5.91 Å². The van der Waals surface area contributed by atoms with Crippen LogP contribution in [0.15, 0.2) is 12.7 Å². The minimum atomic E-state index is -0.323. The molecule has 0 atom stereocenters. The molecule has 0 heterocycles. The van der Waals surface area contributed by atoms with E-state index in [9.17, 15) is 9.59 Å². The summed E-state index contributed by atoms with van der Waals surface area (Å²) in [5.41, 5.74) is 0. The van der Waals surface area contributed by atoms with Gasteiger partial charge in [0.05, 0.1) is 19.7 Å². The standard InChI is InChI=1S/C13H24N2O3/c1-5-7-15(10-13(17)18-6-2)9-12(16)14-8-11(3)4/h5,11H,1,6-10H2,2-4H3,(H,14,16). The number of nitrogens with zero attached hydrogens (tertiary/aromatic N) is 1. The summed E-state index contributed by atoms with van der Waals surface area (Å²) in [7, 11) is 0. The van der Waals surface area contributed by atoms with Gasteiger partial charge in [0.25, 0.3) is 0 Å². The lowest BCUT2D eigenvalue weighted by Crippen LogP contribution is -2.41. The molecule has 0 aliphatic carbocycles. The second-order valence-corrected chi connectivity index (χ2v) is 4.46. The van der Waals surface area contributed by atoms with Crippen molar-refractivity contribution in [3.05, 3.63) is 12.7 Å². The topological polar surface area (TPSA) is 58.6 Å². The number of hydrogen-bond donors (Lipinski definition) is 1. The Kier molecular flexibility index (Phi) is 8.92. The molecule has 0 aliphatic heterocycles. The SMILES string of the molecule is C=CCN(CC(=O)NCC(C)C)CC(=O)OCC. The molecule has 0 fully saturated rings. The fourth-order valence-corrected chi connectivity index (χ4v) is 1.33. The van der Waals surface area contributed by atoms with Crippen LogP contribution in [0.25, 0.3) is 0 Å². The van der Waals surface area contributed by atoms with E-state index in [-0.39, 0.29) is 25.0 Å². The Bertz CT molecular complexity index is 277. The smallest absolute Gasteiger partial charge is 0.320 e. The molecule has 104 valence electrons. The molecule has 5 heteroatoms. The molecule has 1 N–H and O–H groups in total. The Labute approximate surface area is 109 Å². The molecule has 0 aromatic heterocycles. The maximum absolute atomic E-state index is 11.6. The van der Waals surface area contributed by atoms with E-state index < -0.39 is 0 Å². The van der Waals surface area contributed by atoms with Gasteiger partial charge >= 0.3 is 5.97 Å². The predicted octanol–water partition coefficient (Wildman–Crippen LogP) is 0.810. The Morgan fingerprint density at radius 3 is 2.56 bits per heavy atom. The van der Waals surface area contributed by atoms with E-state index in [1.165, 1.54) is 0 Å². The van der Waals surface area contributed by atoms with Gasteiger partial charge in [0.1, 0.15) is 0 Å². The average molecular weight is 256 g/mol. The van der Waals surface area contributed by atoms with E-state index in [2.05, 4.69) is 11.9 Å². The maximum Gasteiger partial charge on any atom is 0.320 e. The fraction of sp³-hybridized carbons (Fsp3) is 0.692. The van der Waals surface area contributed by atoms with Crippen LogP contribution in [0.1, 0.15) is 20.8 Å². The molecule has 0 radical (unpaired) electrons. The Hall–Kier alpha value is -1.36. The number of carbonyl (C=O) groups excluding carboxylic acids is 2. The number of rotatable bonds is 9. The third-order valence-corrected chi connectivity index (χ3v) is 2.12. The van der Waals surface area contributed by atoms with Crippen LogP contribution in [-0.4, -0.2) is 49.6 Å². The van der Waals surface area contributed by atoms with E-state index in [0.29, 0.717) is 25.6 Å². The van der Waals surface area contributed by atoms with Crippen molar-refractivity contribution in [2.24, 2.45) is 5.92 Å². The number of amides is 1. The van der Waals surface area contributed by atoms with E-state index >= 15 is 0 Å². The average Bonchev–Trinajstić information content (AvgIpc) is 2.27. The minimum Gasteiger partial charge on any atom is -0.465 e. The van der Waals surface area contributed by atoms with E-state index in [4.69, 9.17) is 4.74 Å². The highest BCUT2D eigenvalue weighted by Crippen LogP contribution is 1.93. The molecule has 1 amide bonds. The van der Waals surface area contributed by atoms with Crippen LogP contribution in [-0.2, 0) is 14.3 Å². The summed E-state index contributed by atoms with van der Waals surface area (Å²) >= 11 is 0. The predicted molar refractivity (Wildman–Crippen MR) is 71.1 cm³/mol. The minimum absolute atomic E-state index is 0.0881. The van der Waals surface area contributed by atoms with Crippen molar-refractivity contribution in [2.75, 3.05) is 32.8 Å². The highest BCUT2D eigenvalue weighted by Gasteiger charge is 2.14. The summed E-state index contributed by atoms with van der Waals surface area (Å²) in [4.78, 5) is 24.7. The zero-order valence-corrected chi connectivity index (χ0v) is 11.6. The summed E-state index contributed by atoms with van der Waals surface area (Å²) < 4.78 is 4.85. The highest BCUT2D eigenvalue weighted by molar-refractivity contribution is 5.79.